The van der Waals surface area contributed by atoms with E-state index in [0.29, 0.717) is 5.56 Å². The molecule has 0 aromatic heterocycles. The summed E-state index contributed by atoms with van der Waals surface area (Å²) in [6, 6.07) is 5.12. The van der Waals surface area contributed by atoms with Crippen LogP contribution in [0, 0.1) is 0 Å². The van der Waals surface area contributed by atoms with Crippen LogP contribution < -0.4 is 57.2 Å². The van der Waals surface area contributed by atoms with Crippen LogP contribution in [0.4, 0.5) is 0 Å². The third-order valence-corrected chi connectivity index (χ3v) is 19.6. The standard InChI is InChI=1S/C66H55Cl2N9O20S/c1-66(2)55(65(93)94)77-63(92)52(64(77)98-66)76-61(90)50-33-21-30(79)22-39(82)45(33)32-15-25(5-7-37(32)80)47-58(87)75-51(62(91)74-50)53(83)26-6-10-41(35(68)16-26)97-44-19-28-18-43(54(44)84)96-40-9-3-23(11-34(40)67)12-36-56(85)71-48(59(88)73-49(28)60(89)72-47)27-13-29(78)20-31(14-27)95-42-17-24(4-8-38(42)81)46(69)57(86)70-36/h3-11,13-22,36,46-53,55,64,78-84H,12,69H2,1-2H3,(H,70,86)(H,71,85)(H,72,89)(H,73,88)(H,74,91)(H,75,87)(H,76,90)(H,93,94)/t36-,46+,47-,48+,49-,50+,51+,52?,53-,55?,64?/m1/s1. The fourth-order valence-electron chi connectivity index (χ4n) is 12.6. The number of amides is 8. The topological polar surface area (TPSA) is 457 Å². The lowest BCUT2D eigenvalue weighted by molar-refractivity contribution is -0.161. The van der Waals surface area contributed by atoms with E-state index in [2.05, 4.69) is 37.2 Å². The summed E-state index contributed by atoms with van der Waals surface area (Å²) in [5.41, 5.74) is 4.29. The van der Waals surface area contributed by atoms with E-state index in [-0.39, 0.29) is 67.3 Å². The number of aliphatic hydroxyl groups is 1. The van der Waals surface area contributed by atoms with E-state index in [4.69, 9.17) is 43.1 Å². The Hall–Kier alpha value is -11.2. The van der Waals surface area contributed by atoms with Crippen LogP contribution in [0.25, 0.3) is 11.1 Å². The number of ether oxygens (including phenoxy) is 3. The second-order valence-electron chi connectivity index (χ2n) is 24.3. The van der Waals surface area contributed by atoms with E-state index in [1.54, 1.807) is 13.8 Å². The lowest BCUT2D eigenvalue weighted by Crippen LogP contribution is -2.71. The normalized spacial score (nSPS) is 24.7. The predicted molar refractivity (Wildman–Crippen MR) is 343 cm³/mol. The molecule has 8 aliphatic rings. The summed E-state index contributed by atoms with van der Waals surface area (Å²) < 4.78 is 17.5. The van der Waals surface area contributed by atoms with E-state index in [9.17, 15) is 60.0 Å². The molecule has 98 heavy (non-hydrogen) atoms. The smallest absolute Gasteiger partial charge is 0.327 e. The van der Waals surface area contributed by atoms with Gasteiger partial charge in [0.15, 0.2) is 23.0 Å². The molecule has 17 bridgehead atoms. The van der Waals surface area contributed by atoms with Crippen LogP contribution in [0.2, 0.25) is 10.0 Å². The number of thioether (sulfide) groups is 1. The van der Waals surface area contributed by atoms with Crippen molar-refractivity contribution in [1.82, 2.24) is 42.1 Å². The summed E-state index contributed by atoms with van der Waals surface area (Å²) in [6.45, 7) is 3.18. The van der Waals surface area contributed by atoms with Gasteiger partial charge in [0, 0.05) is 34.4 Å². The monoisotopic (exact) mass is 1400 g/mol. The number of hydrogen-bond acceptors (Lipinski definition) is 21. The maximum atomic E-state index is 15.9. The van der Waals surface area contributed by atoms with Gasteiger partial charge >= 0.3 is 5.97 Å². The summed E-state index contributed by atoms with van der Waals surface area (Å²) in [5.74, 6) is -16.9. The minimum atomic E-state index is -2.27. The summed E-state index contributed by atoms with van der Waals surface area (Å²) in [6.07, 6.45) is -2.56. The first-order valence-corrected chi connectivity index (χ1v) is 31.5. The summed E-state index contributed by atoms with van der Waals surface area (Å²) >= 11 is 14.9. The molecule has 0 spiro atoms. The van der Waals surface area contributed by atoms with Crippen molar-refractivity contribution < 1.29 is 98.2 Å². The molecule has 29 nitrogen and oxygen atoms in total. The minimum absolute atomic E-state index is 0.106. The highest BCUT2D eigenvalue weighted by molar-refractivity contribution is 8.01. The molecule has 504 valence electrons. The fourth-order valence-corrected chi connectivity index (χ4v) is 14.7. The Morgan fingerprint density at radius 2 is 1.17 bits per heavy atom. The number of nitrogens with zero attached hydrogens (tertiary/aromatic N) is 1. The molecule has 7 aromatic carbocycles. The lowest BCUT2D eigenvalue weighted by atomic mass is 9.89. The Labute approximate surface area is 566 Å². The molecule has 32 heteroatoms. The first-order chi connectivity index (χ1) is 46.5. The largest absolute Gasteiger partial charge is 0.508 e. The Kier molecular flexibility index (Phi) is 16.6. The highest BCUT2D eigenvalue weighted by Crippen LogP contribution is 2.52. The molecular formula is C66H55Cl2N9O20S. The third-order valence-electron chi connectivity index (χ3n) is 17.4. The average Bonchev–Trinajstić information content (AvgIpc) is 1.54. The van der Waals surface area contributed by atoms with Gasteiger partial charge in [0.2, 0.25) is 53.0 Å². The Balaban J connectivity index is 0.985. The summed E-state index contributed by atoms with van der Waals surface area (Å²) in [4.78, 5) is 134. The van der Waals surface area contributed by atoms with Crippen LogP contribution in [0.5, 0.6) is 69.0 Å². The molecular weight excluding hydrogens is 1340 g/mol. The van der Waals surface area contributed by atoms with Crippen molar-refractivity contribution in [3.8, 4) is 80.1 Å². The van der Waals surface area contributed by atoms with Crippen LogP contribution in [0.15, 0.2) is 115 Å². The molecule has 8 aliphatic heterocycles. The number of halogens is 2. The number of aromatic hydroxyl groups is 6. The number of fused-ring (bicyclic) bond motifs is 15. The molecule has 11 atom stereocenters. The maximum absolute atomic E-state index is 15.9. The van der Waals surface area contributed by atoms with Gasteiger partial charge in [0.05, 0.1) is 10.0 Å². The lowest BCUT2D eigenvalue weighted by Gasteiger charge is -2.44. The van der Waals surface area contributed by atoms with E-state index in [1.807, 2.05) is 0 Å². The molecule has 0 aliphatic carbocycles. The van der Waals surface area contributed by atoms with Crippen molar-refractivity contribution >= 4 is 88.2 Å². The van der Waals surface area contributed by atoms with Gasteiger partial charge in [0.25, 0.3) is 0 Å². The molecule has 0 radical (unpaired) electrons. The SMILES string of the molecule is CC1(C)SC2C(NC(=O)[C@H]3NC(=O)[C@H]4NC(=O)[C@H](NC(=O)[C@@H]5NC(=O)[C@H]6NC(=O)[C@@H](Cc7ccc(c(Cl)c7)Oc7cc5cc(c7O)Oc5ccc(cc5Cl)[C@H]4O)NC(=O)[C@@H](N)c4ccc(O)c(c4)Oc4cc(O)cc6c4)c4ccc(O)c(c4)-c4c(O)cc(O)cc43)C(=O)N2C1C(=O)O. The van der Waals surface area contributed by atoms with Crippen molar-refractivity contribution in [2.45, 2.75) is 90.9 Å². The zero-order chi connectivity index (χ0) is 69.8. The molecule has 15 rings (SSSR count). The highest BCUT2D eigenvalue weighted by Gasteiger charge is 2.64. The van der Waals surface area contributed by atoms with E-state index in [0.717, 1.165) is 77.3 Å². The predicted octanol–water partition coefficient (Wildman–Crippen LogP) is 4.53. The van der Waals surface area contributed by atoms with E-state index < -0.39 is 187 Å². The van der Waals surface area contributed by atoms with Gasteiger partial charge in [-0.05, 0) is 132 Å². The first kappa shape index (κ1) is 65.5. The number of rotatable bonds is 3. The van der Waals surface area contributed by atoms with Gasteiger partial charge in [-0.15, -0.1) is 11.8 Å². The van der Waals surface area contributed by atoms with Crippen LogP contribution >= 0.6 is 35.0 Å². The zero-order valence-electron chi connectivity index (χ0n) is 50.7. The van der Waals surface area contributed by atoms with Crippen LogP contribution in [-0.4, -0.2) is 133 Å². The number of nitrogens with one attached hydrogen (secondary N) is 7. The maximum Gasteiger partial charge on any atom is 0.327 e. The number of nitrogens with two attached hydrogens (primary N) is 1. The van der Waals surface area contributed by atoms with Gasteiger partial charge in [0.1, 0.15) is 106 Å². The number of β-lactam (4-membered cyclic amide) rings is 1. The number of carbonyl (C=O) groups is 9. The number of aliphatic carboxylic acids is 1. The zero-order valence-corrected chi connectivity index (χ0v) is 53.0. The first-order valence-electron chi connectivity index (χ1n) is 29.8. The number of carboxylic acid groups (broad SMARTS) is 1. The van der Waals surface area contributed by atoms with Crippen molar-refractivity contribution in [3.63, 3.8) is 0 Å². The van der Waals surface area contributed by atoms with E-state index in [1.165, 1.54) is 54.6 Å². The molecule has 0 saturated carbocycles. The Bertz CT molecular complexity index is 4660. The quantitative estimate of drug-likeness (QED) is 0.108. The molecule has 8 amide bonds. The van der Waals surface area contributed by atoms with Crippen molar-refractivity contribution in [2.75, 3.05) is 0 Å². The van der Waals surface area contributed by atoms with Gasteiger partial charge < -0.3 is 103 Å². The number of phenolic OH excluding ortho intramolecular Hbond substituents is 6. The number of aliphatic hydroxyl groups excluding tert-OH is 1. The highest BCUT2D eigenvalue weighted by atomic mass is 35.5. The van der Waals surface area contributed by atoms with Gasteiger partial charge in [-0.3, -0.25) is 38.4 Å². The van der Waals surface area contributed by atoms with Crippen LogP contribution in [0.3, 0.4) is 0 Å². The number of benzene rings is 7. The minimum Gasteiger partial charge on any atom is -0.508 e. The van der Waals surface area contributed by atoms with Crippen molar-refractivity contribution in [2.24, 2.45) is 5.73 Å². The van der Waals surface area contributed by atoms with Crippen molar-refractivity contribution in [3.05, 3.63) is 164 Å². The molecule has 8 heterocycles. The summed E-state index contributed by atoms with van der Waals surface area (Å²) in [5, 5.41) is 108. The molecule has 7 aromatic rings. The molecule has 17 N–H and O–H groups in total. The number of hydrogen-bond donors (Lipinski definition) is 16. The van der Waals surface area contributed by atoms with Gasteiger partial charge in [-0.25, -0.2) is 4.79 Å². The second-order valence-corrected chi connectivity index (χ2v) is 26.9. The third kappa shape index (κ3) is 11.9. The number of carboxylic acids is 1. The molecule has 2 saturated heterocycles. The van der Waals surface area contributed by atoms with E-state index >= 15 is 24.0 Å². The summed E-state index contributed by atoms with van der Waals surface area (Å²) in [7, 11) is 0. The molecule has 3 unspecified atom stereocenters. The fraction of sp³-hybridized carbons (Fsp3) is 0.227. The van der Waals surface area contributed by atoms with Crippen LogP contribution in [0.1, 0.15) is 89.1 Å². The Morgan fingerprint density at radius 1 is 0.582 bits per heavy atom. The van der Waals surface area contributed by atoms with Gasteiger partial charge in [-0.2, -0.15) is 0 Å². The second kappa shape index (κ2) is 24.8. The number of phenols is 6. The Morgan fingerprint density at radius 3 is 1.85 bits per heavy atom. The average molecular weight is 1400 g/mol. The van der Waals surface area contributed by atoms with Crippen molar-refractivity contribution in [1.29, 1.82) is 0 Å². The van der Waals surface area contributed by atoms with Crippen LogP contribution in [-0.2, 0) is 49.6 Å². The molecule has 2 fully saturated rings. The van der Waals surface area contributed by atoms with Gasteiger partial charge in [-0.1, -0.05) is 47.5 Å². The number of carbonyl (C=O) groups excluding carboxylic acids is 8.